The summed E-state index contributed by atoms with van der Waals surface area (Å²) in [5.41, 5.74) is -0.0988. The molecule has 5 nitrogen and oxygen atoms in total. The molecule has 0 aromatic heterocycles. The van der Waals surface area contributed by atoms with Crippen LogP contribution in [-0.2, 0) is 0 Å². The lowest BCUT2D eigenvalue weighted by Crippen LogP contribution is -2.45. The number of alkyl halides is 1. The highest BCUT2D eigenvalue weighted by Gasteiger charge is 2.42. The van der Waals surface area contributed by atoms with Crippen molar-refractivity contribution in [2.45, 2.75) is 30.4 Å². The summed E-state index contributed by atoms with van der Waals surface area (Å²) in [4.78, 5) is 9.93. The third kappa shape index (κ3) is 2.02. The highest BCUT2D eigenvalue weighted by Crippen LogP contribution is 2.44. The molecule has 1 heterocycles. The second-order valence-corrected chi connectivity index (χ2v) is 5.52. The van der Waals surface area contributed by atoms with Crippen LogP contribution in [0.5, 0.6) is 5.75 Å². The Labute approximate surface area is 107 Å². The normalized spacial score (nSPS) is 25.9. The molecule has 1 aliphatic heterocycles. The average molecular weight is 302 g/mol. The number of rotatable bonds is 1. The molecule has 1 aliphatic rings. The zero-order valence-electron chi connectivity index (χ0n) is 9.38. The SMILES string of the molecule is CC1(C)Oc2cc([N+](=O)[O-])ccc2C(O)C1Br. The molecule has 0 amide bonds. The van der Waals surface area contributed by atoms with E-state index in [1.54, 1.807) is 0 Å². The minimum Gasteiger partial charge on any atom is -0.486 e. The summed E-state index contributed by atoms with van der Waals surface area (Å²) in [6, 6.07) is 4.24. The molecule has 1 aromatic rings. The Morgan fingerprint density at radius 1 is 1.53 bits per heavy atom. The molecule has 1 N–H and O–H groups in total. The summed E-state index contributed by atoms with van der Waals surface area (Å²) < 4.78 is 5.68. The first kappa shape index (κ1) is 12.3. The molecular weight excluding hydrogens is 290 g/mol. The van der Waals surface area contributed by atoms with Crippen molar-refractivity contribution in [3.05, 3.63) is 33.9 Å². The standard InChI is InChI=1S/C11H12BrNO4/c1-11(2)10(12)9(14)7-4-3-6(13(15)16)5-8(7)17-11/h3-5,9-10,14H,1-2H3. The molecular formula is C11H12BrNO4. The van der Waals surface area contributed by atoms with Gasteiger partial charge in [-0.05, 0) is 19.9 Å². The first-order valence-corrected chi connectivity index (χ1v) is 6.04. The number of non-ortho nitro benzene ring substituents is 1. The number of benzene rings is 1. The van der Waals surface area contributed by atoms with E-state index in [1.165, 1.54) is 18.2 Å². The van der Waals surface area contributed by atoms with Crippen molar-refractivity contribution in [3.63, 3.8) is 0 Å². The van der Waals surface area contributed by atoms with Crippen molar-refractivity contribution in [1.29, 1.82) is 0 Å². The van der Waals surface area contributed by atoms with Gasteiger partial charge in [-0.1, -0.05) is 15.9 Å². The van der Waals surface area contributed by atoms with Crippen molar-refractivity contribution in [3.8, 4) is 5.75 Å². The summed E-state index contributed by atoms with van der Waals surface area (Å²) in [6.45, 7) is 3.63. The second-order valence-electron chi connectivity index (χ2n) is 4.53. The van der Waals surface area contributed by atoms with E-state index in [0.29, 0.717) is 11.3 Å². The highest BCUT2D eigenvalue weighted by molar-refractivity contribution is 9.09. The minimum atomic E-state index is -0.741. The van der Waals surface area contributed by atoms with Crippen LogP contribution in [0.1, 0.15) is 25.5 Å². The van der Waals surface area contributed by atoms with Crippen LogP contribution in [0.4, 0.5) is 5.69 Å². The van der Waals surface area contributed by atoms with Crippen LogP contribution in [0.15, 0.2) is 18.2 Å². The van der Waals surface area contributed by atoms with Gasteiger partial charge in [0.2, 0.25) is 0 Å². The van der Waals surface area contributed by atoms with Crippen molar-refractivity contribution in [2.75, 3.05) is 0 Å². The second kappa shape index (κ2) is 3.96. The van der Waals surface area contributed by atoms with Gasteiger partial charge in [0, 0.05) is 11.6 Å². The Morgan fingerprint density at radius 3 is 2.76 bits per heavy atom. The molecule has 2 atom stereocenters. The molecule has 0 saturated heterocycles. The molecule has 6 heteroatoms. The van der Waals surface area contributed by atoms with E-state index in [-0.39, 0.29) is 10.5 Å². The molecule has 2 rings (SSSR count). The van der Waals surface area contributed by atoms with Gasteiger partial charge in [0.15, 0.2) is 0 Å². The van der Waals surface area contributed by atoms with E-state index >= 15 is 0 Å². The van der Waals surface area contributed by atoms with Gasteiger partial charge in [-0.15, -0.1) is 0 Å². The predicted molar refractivity (Wildman–Crippen MR) is 65.5 cm³/mol. The summed E-state index contributed by atoms with van der Waals surface area (Å²) in [7, 11) is 0. The van der Waals surface area contributed by atoms with Crippen LogP contribution in [0, 0.1) is 10.1 Å². The third-order valence-corrected chi connectivity index (χ3v) is 4.44. The Bertz CT molecular complexity index is 475. The topological polar surface area (TPSA) is 72.6 Å². The Balaban J connectivity index is 2.50. The molecule has 0 aliphatic carbocycles. The number of nitrogens with zero attached hydrogens (tertiary/aromatic N) is 1. The maximum Gasteiger partial charge on any atom is 0.273 e. The maximum atomic E-state index is 10.7. The van der Waals surface area contributed by atoms with E-state index in [2.05, 4.69) is 15.9 Å². The van der Waals surface area contributed by atoms with Gasteiger partial charge in [-0.2, -0.15) is 0 Å². The average Bonchev–Trinajstić information content (AvgIpc) is 2.25. The number of ether oxygens (including phenoxy) is 1. The molecule has 0 fully saturated rings. The van der Waals surface area contributed by atoms with E-state index < -0.39 is 16.6 Å². The van der Waals surface area contributed by atoms with Gasteiger partial charge < -0.3 is 9.84 Å². The summed E-state index contributed by atoms with van der Waals surface area (Å²) in [5.74, 6) is 0.368. The number of aliphatic hydroxyl groups excluding tert-OH is 1. The van der Waals surface area contributed by atoms with Gasteiger partial charge in [0.1, 0.15) is 11.4 Å². The van der Waals surface area contributed by atoms with E-state index in [4.69, 9.17) is 4.74 Å². The zero-order valence-corrected chi connectivity index (χ0v) is 11.0. The first-order chi connectivity index (χ1) is 7.83. The van der Waals surface area contributed by atoms with Gasteiger partial charge in [-0.25, -0.2) is 0 Å². The van der Waals surface area contributed by atoms with E-state index in [9.17, 15) is 15.2 Å². The zero-order chi connectivity index (χ0) is 12.8. The van der Waals surface area contributed by atoms with Crippen molar-refractivity contribution in [2.24, 2.45) is 0 Å². The minimum absolute atomic E-state index is 0.0419. The lowest BCUT2D eigenvalue weighted by atomic mass is 9.91. The number of nitro benzene ring substituents is 1. The molecule has 1 aromatic carbocycles. The number of aliphatic hydroxyl groups is 1. The molecule has 0 spiro atoms. The Kier molecular flexibility index (Phi) is 2.87. The largest absolute Gasteiger partial charge is 0.486 e. The molecule has 17 heavy (non-hydrogen) atoms. The highest BCUT2D eigenvalue weighted by atomic mass is 79.9. The first-order valence-electron chi connectivity index (χ1n) is 5.12. The number of fused-ring (bicyclic) bond motifs is 1. The van der Waals surface area contributed by atoms with E-state index in [0.717, 1.165) is 0 Å². The quantitative estimate of drug-likeness (QED) is 0.491. The number of hydrogen-bond donors (Lipinski definition) is 1. The fraction of sp³-hybridized carbons (Fsp3) is 0.455. The summed E-state index contributed by atoms with van der Waals surface area (Å²) >= 11 is 3.38. The molecule has 0 radical (unpaired) electrons. The van der Waals surface area contributed by atoms with Crippen molar-refractivity contribution < 1.29 is 14.8 Å². The molecule has 92 valence electrons. The maximum absolute atomic E-state index is 10.7. The van der Waals surface area contributed by atoms with Crippen molar-refractivity contribution in [1.82, 2.24) is 0 Å². The molecule has 2 unspecified atom stereocenters. The fourth-order valence-electron chi connectivity index (χ4n) is 1.85. The monoisotopic (exact) mass is 301 g/mol. The van der Waals surface area contributed by atoms with Crippen LogP contribution >= 0.6 is 15.9 Å². The Morgan fingerprint density at radius 2 is 2.18 bits per heavy atom. The lowest BCUT2D eigenvalue weighted by molar-refractivity contribution is -0.385. The van der Waals surface area contributed by atoms with Crippen molar-refractivity contribution >= 4 is 21.6 Å². The third-order valence-electron chi connectivity index (χ3n) is 2.84. The lowest BCUT2D eigenvalue weighted by Gasteiger charge is -2.39. The summed E-state index contributed by atoms with van der Waals surface area (Å²) in [5, 5.41) is 20.8. The van der Waals surface area contributed by atoms with Gasteiger partial charge >= 0.3 is 0 Å². The van der Waals surface area contributed by atoms with Gasteiger partial charge in [0.25, 0.3) is 5.69 Å². The van der Waals surface area contributed by atoms with Crippen LogP contribution < -0.4 is 4.74 Å². The van der Waals surface area contributed by atoms with Gasteiger partial charge in [-0.3, -0.25) is 10.1 Å². The fourth-order valence-corrected chi connectivity index (χ4v) is 2.23. The molecule has 0 bridgehead atoms. The summed E-state index contributed by atoms with van der Waals surface area (Å²) in [6.07, 6.45) is -0.741. The van der Waals surface area contributed by atoms with Crippen LogP contribution in [0.3, 0.4) is 0 Å². The van der Waals surface area contributed by atoms with Crippen LogP contribution in [-0.4, -0.2) is 20.5 Å². The number of halogens is 1. The predicted octanol–water partition coefficient (Wildman–Crippen LogP) is 2.56. The smallest absolute Gasteiger partial charge is 0.273 e. The number of nitro groups is 1. The number of hydrogen-bond acceptors (Lipinski definition) is 4. The van der Waals surface area contributed by atoms with E-state index in [1.807, 2.05) is 13.8 Å². The van der Waals surface area contributed by atoms with Crippen LogP contribution in [0.25, 0.3) is 0 Å². The van der Waals surface area contributed by atoms with Gasteiger partial charge in [0.05, 0.1) is 21.9 Å². The Hall–Kier alpha value is -1.14. The van der Waals surface area contributed by atoms with Crippen LogP contribution in [0.2, 0.25) is 0 Å². The molecule has 0 saturated carbocycles.